The average Bonchev–Trinajstić information content (AvgIpc) is 3.58. The lowest BCUT2D eigenvalue weighted by Gasteiger charge is -2.35. The first-order valence-electron chi connectivity index (χ1n) is 10.8. The molecule has 0 radical (unpaired) electrons. The molecule has 172 valence electrons. The highest BCUT2D eigenvalue weighted by atomic mass is 32.1. The van der Waals surface area contributed by atoms with E-state index < -0.39 is 17.5 Å². The zero-order valence-corrected chi connectivity index (χ0v) is 20.0. The van der Waals surface area contributed by atoms with Crippen LogP contribution in [0.5, 0.6) is 0 Å². The number of rotatable bonds is 6. The van der Waals surface area contributed by atoms with E-state index in [1.54, 1.807) is 16.3 Å². The third-order valence-electron chi connectivity index (χ3n) is 5.15. The molecular formula is C26H25N5O2S. The van der Waals surface area contributed by atoms with Gasteiger partial charge in [-0.15, -0.1) is 17.8 Å². The van der Waals surface area contributed by atoms with Crippen molar-refractivity contribution in [3.8, 4) is 18.0 Å². The van der Waals surface area contributed by atoms with Gasteiger partial charge in [0.2, 0.25) is 5.91 Å². The third kappa shape index (κ3) is 5.00. The molecule has 0 spiro atoms. The monoisotopic (exact) mass is 471 g/mol. The van der Waals surface area contributed by atoms with E-state index in [-0.39, 0.29) is 17.5 Å². The van der Waals surface area contributed by atoms with Gasteiger partial charge in [-0.1, -0.05) is 24.3 Å². The maximum absolute atomic E-state index is 13.8. The maximum Gasteiger partial charge on any atom is 0.278 e. The number of aromatic nitrogens is 3. The highest BCUT2D eigenvalue weighted by Crippen LogP contribution is 2.29. The number of anilines is 1. The largest absolute Gasteiger partial charge is 0.350 e. The van der Waals surface area contributed by atoms with E-state index in [1.807, 2.05) is 81.6 Å². The summed E-state index contributed by atoms with van der Waals surface area (Å²) in [5.41, 5.74) is 1.13. The van der Waals surface area contributed by atoms with Gasteiger partial charge in [0.25, 0.3) is 5.91 Å². The molecule has 0 aliphatic heterocycles. The van der Waals surface area contributed by atoms with E-state index in [1.165, 1.54) is 16.2 Å². The number of nitrogens with one attached hydrogen (secondary N) is 1. The van der Waals surface area contributed by atoms with E-state index in [9.17, 15) is 9.59 Å². The highest BCUT2D eigenvalue weighted by Gasteiger charge is 2.38. The van der Waals surface area contributed by atoms with Crippen molar-refractivity contribution < 1.29 is 9.59 Å². The van der Waals surface area contributed by atoms with E-state index >= 15 is 0 Å². The van der Waals surface area contributed by atoms with Crippen LogP contribution in [0.25, 0.3) is 5.69 Å². The van der Waals surface area contributed by atoms with Crippen LogP contribution >= 0.6 is 11.3 Å². The second-order valence-corrected chi connectivity index (χ2v) is 9.71. The summed E-state index contributed by atoms with van der Waals surface area (Å²) in [4.78, 5) is 33.2. The molecule has 4 rings (SSSR count). The third-order valence-corrected chi connectivity index (χ3v) is 5.92. The molecule has 7 nitrogen and oxygen atoms in total. The Kier molecular flexibility index (Phi) is 6.48. The summed E-state index contributed by atoms with van der Waals surface area (Å²) >= 11 is 1.22. The molecule has 1 aliphatic rings. The molecule has 1 unspecified atom stereocenters. The average molecular weight is 472 g/mol. The van der Waals surface area contributed by atoms with Crippen LogP contribution in [-0.2, 0) is 4.79 Å². The van der Waals surface area contributed by atoms with Crippen LogP contribution in [0.2, 0.25) is 0 Å². The van der Waals surface area contributed by atoms with Gasteiger partial charge in [-0.25, -0.2) is 9.67 Å². The Labute approximate surface area is 202 Å². The summed E-state index contributed by atoms with van der Waals surface area (Å²) in [5, 5.41) is 9.32. The Balaban J connectivity index is 1.80. The predicted octanol–water partition coefficient (Wildman–Crippen LogP) is 3.98. The Morgan fingerprint density at radius 3 is 2.47 bits per heavy atom. The summed E-state index contributed by atoms with van der Waals surface area (Å²) in [6.07, 6.45) is 16.6. The Hall–Kier alpha value is -3.96. The highest BCUT2D eigenvalue weighted by molar-refractivity contribution is 7.10. The number of nitrogens with zero attached hydrogens (tertiary/aromatic N) is 4. The summed E-state index contributed by atoms with van der Waals surface area (Å²) in [5.74, 6) is 1.51. The van der Waals surface area contributed by atoms with Gasteiger partial charge in [-0.05, 0) is 57.0 Å². The summed E-state index contributed by atoms with van der Waals surface area (Å²) in [7, 11) is 0. The zero-order chi connectivity index (χ0) is 24.3. The van der Waals surface area contributed by atoms with Crippen molar-refractivity contribution in [2.75, 3.05) is 4.90 Å². The van der Waals surface area contributed by atoms with E-state index in [0.717, 1.165) is 5.69 Å². The van der Waals surface area contributed by atoms with Crippen LogP contribution in [0, 0.1) is 18.3 Å². The fourth-order valence-electron chi connectivity index (χ4n) is 3.72. The molecule has 0 fully saturated rings. The van der Waals surface area contributed by atoms with Crippen molar-refractivity contribution in [1.29, 1.82) is 0 Å². The standard InChI is InChI=1S/C26H25N5O2S/c1-5-22-28-21(17-34-22)25(33)31(20-13-11-19(12-14-20)30-16-8-15-27-30)23(18-9-6-7-10-18)24(32)29-26(2,3)4/h1,6-18,23H,2-4H3,(H,29,32). The SMILES string of the molecule is C#Cc1nc(C(=O)N(c2ccc(-n3cccn3)cc2)C(C(=O)NC(C)(C)C)C2C=CC=C2)cs1. The van der Waals surface area contributed by atoms with Gasteiger partial charge in [-0.2, -0.15) is 5.10 Å². The molecule has 3 aromatic rings. The number of allylic oxidation sites excluding steroid dienone is 2. The normalized spacial score (nSPS) is 14.1. The van der Waals surface area contributed by atoms with Gasteiger partial charge in [0, 0.05) is 34.9 Å². The smallest absolute Gasteiger partial charge is 0.278 e. The first kappa shape index (κ1) is 23.2. The summed E-state index contributed by atoms with van der Waals surface area (Å²) in [6.45, 7) is 5.73. The number of hydrogen-bond donors (Lipinski definition) is 1. The number of amides is 2. The fraction of sp³-hybridized carbons (Fsp3) is 0.231. The molecule has 0 saturated carbocycles. The molecule has 0 saturated heterocycles. The molecule has 2 amide bonds. The van der Waals surface area contributed by atoms with Gasteiger partial charge in [0.1, 0.15) is 11.7 Å². The fourth-order valence-corrected chi connectivity index (χ4v) is 4.32. The minimum absolute atomic E-state index is 0.202. The predicted molar refractivity (Wildman–Crippen MR) is 134 cm³/mol. The van der Waals surface area contributed by atoms with Gasteiger partial charge in [-0.3, -0.25) is 14.5 Å². The van der Waals surface area contributed by atoms with Crippen LogP contribution in [-0.4, -0.2) is 38.2 Å². The van der Waals surface area contributed by atoms with E-state index in [0.29, 0.717) is 10.7 Å². The molecule has 0 bridgehead atoms. The van der Waals surface area contributed by atoms with Crippen LogP contribution in [0.15, 0.2) is 72.4 Å². The zero-order valence-electron chi connectivity index (χ0n) is 19.2. The molecular weight excluding hydrogens is 446 g/mol. The molecule has 2 heterocycles. The van der Waals surface area contributed by atoms with Gasteiger partial charge >= 0.3 is 0 Å². The number of carbonyl (C=O) groups excluding carboxylic acids is 2. The van der Waals surface area contributed by atoms with Crippen LogP contribution < -0.4 is 10.2 Å². The lowest BCUT2D eigenvalue weighted by atomic mass is 9.96. The van der Waals surface area contributed by atoms with Gasteiger partial charge < -0.3 is 5.32 Å². The first-order chi connectivity index (χ1) is 16.3. The van der Waals surface area contributed by atoms with Gasteiger partial charge in [0.15, 0.2) is 5.01 Å². The van der Waals surface area contributed by atoms with Crippen molar-refractivity contribution in [3.63, 3.8) is 0 Å². The topological polar surface area (TPSA) is 80.1 Å². The first-order valence-corrected chi connectivity index (χ1v) is 11.7. The van der Waals surface area contributed by atoms with Crippen molar-refractivity contribution in [2.24, 2.45) is 5.92 Å². The number of hydrogen-bond acceptors (Lipinski definition) is 5. The van der Waals surface area contributed by atoms with Crippen molar-refractivity contribution in [2.45, 2.75) is 32.4 Å². The molecule has 34 heavy (non-hydrogen) atoms. The molecule has 8 heteroatoms. The minimum Gasteiger partial charge on any atom is -0.350 e. The Morgan fingerprint density at radius 2 is 1.91 bits per heavy atom. The quantitative estimate of drug-likeness (QED) is 0.552. The van der Waals surface area contributed by atoms with Crippen LogP contribution in [0.3, 0.4) is 0 Å². The molecule has 1 N–H and O–H groups in total. The van der Waals surface area contributed by atoms with Crippen molar-refractivity contribution >= 4 is 28.8 Å². The van der Waals surface area contributed by atoms with Crippen molar-refractivity contribution in [3.05, 3.63) is 83.1 Å². The number of benzene rings is 1. The van der Waals surface area contributed by atoms with Crippen LogP contribution in [0.4, 0.5) is 5.69 Å². The molecule has 2 aromatic heterocycles. The number of thiazole rings is 1. The van der Waals surface area contributed by atoms with Crippen molar-refractivity contribution in [1.82, 2.24) is 20.1 Å². The Bertz CT molecular complexity index is 1260. The lowest BCUT2D eigenvalue weighted by molar-refractivity contribution is -0.124. The summed E-state index contributed by atoms with van der Waals surface area (Å²) in [6, 6.07) is 8.34. The molecule has 1 aromatic carbocycles. The molecule has 1 aliphatic carbocycles. The van der Waals surface area contributed by atoms with Crippen LogP contribution in [0.1, 0.15) is 36.3 Å². The lowest BCUT2D eigenvalue weighted by Crippen LogP contribution is -2.56. The van der Waals surface area contributed by atoms with E-state index in [4.69, 9.17) is 6.42 Å². The second-order valence-electron chi connectivity index (χ2n) is 8.86. The number of terminal acetylenes is 1. The van der Waals surface area contributed by atoms with Gasteiger partial charge in [0.05, 0.1) is 5.69 Å². The Morgan fingerprint density at radius 1 is 1.21 bits per heavy atom. The maximum atomic E-state index is 13.8. The molecule has 1 atom stereocenters. The van der Waals surface area contributed by atoms with E-state index in [2.05, 4.69) is 21.3 Å². The summed E-state index contributed by atoms with van der Waals surface area (Å²) < 4.78 is 1.72. The minimum atomic E-state index is -0.826. The second kappa shape index (κ2) is 9.49. The number of carbonyl (C=O) groups is 2.